The summed E-state index contributed by atoms with van der Waals surface area (Å²) in [5.41, 5.74) is 2.95. The van der Waals surface area contributed by atoms with Crippen molar-refractivity contribution in [1.29, 1.82) is 0 Å². The van der Waals surface area contributed by atoms with E-state index < -0.39 is 0 Å². The number of nitrogens with one attached hydrogen (secondary N) is 1. The molecule has 0 atom stereocenters. The summed E-state index contributed by atoms with van der Waals surface area (Å²) >= 11 is 6.00. The number of benzene rings is 2. The molecule has 27 heavy (non-hydrogen) atoms. The third-order valence-electron chi connectivity index (χ3n) is 4.47. The van der Waals surface area contributed by atoms with E-state index in [1.807, 2.05) is 49.4 Å². The van der Waals surface area contributed by atoms with Crippen LogP contribution in [0.4, 0.5) is 11.4 Å². The van der Waals surface area contributed by atoms with Gasteiger partial charge in [0.25, 0.3) is 0 Å². The molecule has 0 aliphatic carbocycles. The molecule has 5 nitrogen and oxygen atoms in total. The van der Waals surface area contributed by atoms with Crippen molar-refractivity contribution < 1.29 is 14.3 Å². The molecule has 2 aromatic carbocycles. The third kappa shape index (κ3) is 5.88. The second kappa shape index (κ2) is 9.62. The van der Waals surface area contributed by atoms with Crippen molar-refractivity contribution in [2.45, 2.75) is 19.8 Å². The normalized spacial score (nSPS) is 14.1. The molecule has 1 N–H and O–H groups in total. The van der Waals surface area contributed by atoms with Gasteiger partial charge in [-0.25, -0.2) is 0 Å². The van der Waals surface area contributed by atoms with Crippen LogP contribution >= 0.6 is 11.6 Å². The van der Waals surface area contributed by atoms with Gasteiger partial charge in [0.15, 0.2) is 0 Å². The van der Waals surface area contributed by atoms with Crippen LogP contribution in [0.5, 0.6) is 5.75 Å². The van der Waals surface area contributed by atoms with Gasteiger partial charge in [-0.15, -0.1) is 0 Å². The molecular formula is C21H25ClN2O3. The average Bonchev–Trinajstić information content (AvgIpc) is 2.69. The molecule has 0 unspecified atom stereocenters. The maximum absolute atomic E-state index is 12.1. The Balaban J connectivity index is 1.39. The predicted octanol–water partition coefficient (Wildman–Crippen LogP) is 4.28. The number of aryl methyl sites for hydroxylation is 1. The van der Waals surface area contributed by atoms with E-state index in [1.165, 1.54) is 0 Å². The van der Waals surface area contributed by atoms with Crippen LogP contribution in [-0.2, 0) is 9.53 Å². The monoisotopic (exact) mass is 388 g/mol. The summed E-state index contributed by atoms with van der Waals surface area (Å²) in [5.74, 6) is 0.765. The number of hydrogen-bond donors (Lipinski definition) is 1. The Morgan fingerprint density at radius 3 is 2.63 bits per heavy atom. The van der Waals surface area contributed by atoms with E-state index in [9.17, 15) is 4.79 Å². The standard InChI is InChI=1S/C21H25ClN2O3/c1-16-15-19(8-9-20(16)22)27-12-2-3-21(25)23-17-4-6-18(7-5-17)24-10-13-26-14-11-24/h4-9,15H,2-3,10-14H2,1H3,(H,23,25). The number of anilines is 2. The van der Waals surface area contributed by atoms with Gasteiger partial charge in [0.05, 0.1) is 19.8 Å². The quantitative estimate of drug-likeness (QED) is 0.719. The minimum atomic E-state index is -0.00925. The molecule has 0 saturated carbocycles. The van der Waals surface area contributed by atoms with Crippen LogP contribution in [0.3, 0.4) is 0 Å². The highest BCUT2D eigenvalue weighted by Crippen LogP contribution is 2.21. The van der Waals surface area contributed by atoms with Crippen LogP contribution in [0.2, 0.25) is 5.02 Å². The minimum Gasteiger partial charge on any atom is -0.494 e. The summed E-state index contributed by atoms with van der Waals surface area (Å²) in [7, 11) is 0. The number of morpholine rings is 1. The zero-order valence-corrected chi connectivity index (χ0v) is 16.3. The second-order valence-corrected chi connectivity index (χ2v) is 6.96. The number of carbonyl (C=O) groups excluding carboxylic acids is 1. The van der Waals surface area contributed by atoms with Gasteiger partial charge in [0.1, 0.15) is 5.75 Å². The zero-order valence-electron chi connectivity index (χ0n) is 15.5. The van der Waals surface area contributed by atoms with Crippen molar-refractivity contribution in [2.24, 2.45) is 0 Å². The van der Waals surface area contributed by atoms with Crippen molar-refractivity contribution in [1.82, 2.24) is 0 Å². The Morgan fingerprint density at radius 2 is 1.93 bits per heavy atom. The number of ether oxygens (including phenoxy) is 2. The molecule has 3 rings (SSSR count). The first-order valence-corrected chi connectivity index (χ1v) is 9.61. The van der Waals surface area contributed by atoms with Crippen molar-refractivity contribution in [3.8, 4) is 5.75 Å². The van der Waals surface area contributed by atoms with Gasteiger partial charge in [-0.2, -0.15) is 0 Å². The van der Waals surface area contributed by atoms with E-state index in [4.69, 9.17) is 21.1 Å². The fourth-order valence-electron chi connectivity index (χ4n) is 2.93. The third-order valence-corrected chi connectivity index (χ3v) is 4.90. The van der Waals surface area contributed by atoms with Gasteiger partial charge in [-0.1, -0.05) is 11.6 Å². The van der Waals surface area contributed by atoms with Crippen LogP contribution in [0.25, 0.3) is 0 Å². The highest BCUT2D eigenvalue weighted by atomic mass is 35.5. The zero-order chi connectivity index (χ0) is 19.1. The number of nitrogens with zero attached hydrogens (tertiary/aromatic N) is 1. The van der Waals surface area contributed by atoms with Gasteiger partial charge in [0, 0.05) is 35.9 Å². The fourth-order valence-corrected chi connectivity index (χ4v) is 3.05. The lowest BCUT2D eigenvalue weighted by Crippen LogP contribution is -2.36. The smallest absolute Gasteiger partial charge is 0.224 e. The second-order valence-electron chi connectivity index (χ2n) is 6.56. The van der Waals surface area contributed by atoms with Gasteiger partial charge < -0.3 is 19.7 Å². The number of hydrogen-bond acceptors (Lipinski definition) is 4. The van der Waals surface area contributed by atoms with Gasteiger partial charge >= 0.3 is 0 Å². The Morgan fingerprint density at radius 1 is 1.19 bits per heavy atom. The summed E-state index contributed by atoms with van der Waals surface area (Å²) in [6.45, 7) is 5.75. The van der Waals surface area contributed by atoms with Crippen LogP contribution < -0.4 is 15.0 Å². The van der Waals surface area contributed by atoms with Gasteiger partial charge in [-0.05, 0) is 61.4 Å². The van der Waals surface area contributed by atoms with Crippen molar-refractivity contribution in [3.05, 3.63) is 53.1 Å². The highest BCUT2D eigenvalue weighted by Gasteiger charge is 2.11. The van der Waals surface area contributed by atoms with Crippen LogP contribution in [0.15, 0.2) is 42.5 Å². The highest BCUT2D eigenvalue weighted by molar-refractivity contribution is 6.31. The molecule has 6 heteroatoms. The Hall–Kier alpha value is -2.24. The van der Waals surface area contributed by atoms with E-state index in [0.717, 1.165) is 54.0 Å². The van der Waals surface area contributed by atoms with E-state index in [0.29, 0.717) is 19.4 Å². The number of halogens is 1. The summed E-state index contributed by atoms with van der Waals surface area (Å²) in [6.07, 6.45) is 1.07. The summed E-state index contributed by atoms with van der Waals surface area (Å²) < 4.78 is 11.0. The molecule has 1 aliphatic heterocycles. The number of carbonyl (C=O) groups is 1. The topological polar surface area (TPSA) is 50.8 Å². The first-order chi connectivity index (χ1) is 13.1. The molecule has 0 spiro atoms. The molecule has 1 fully saturated rings. The van der Waals surface area contributed by atoms with Crippen LogP contribution in [0, 0.1) is 6.92 Å². The maximum Gasteiger partial charge on any atom is 0.224 e. The first-order valence-electron chi connectivity index (χ1n) is 9.23. The van der Waals surface area contributed by atoms with E-state index in [1.54, 1.807) is 0 Å². The summed E-state index contributed by atoms with van der Waals surface area (Å²) in [5, 5.41) is 3.66. The SMILES string of the molecule is Cc1cc(OCCCC(=O)Nc2ccc(N3CCOCC3)cc2)ccc1Cl. The number of rotatable bonds is 7. The van der Waals surface area contributed by atoms with Crippen LogP contribution in [0.1, 0.15) is 18.4 Å². The summed E-state index contributed by atoms with van der Waals surface area (Å²) in [4.78, 5) is 14.4. The molecule has 0 radical (unpaired) electrons. The van der Waals surface area contributed by atoms with E-state index in [-0.39, 0.29) is 5.91 Å². The molecule has 2 aromatic rings. The molecule has 1 saturated heterocycles. The van der Waals surface area contributed by atoms with Crippen LogP contribution in [-0.4, -0.2) is 38.8 Å². The molecule has 0 aromatic heterocycles. The lowest BCUT2D eigenvalue weighted by Gasteiger charge is -2.28. The van der Waals surface area contributed by atoms with Gasteiger partial charge in [-0.3, -0.25) is 4.79 Å². The molecular weight excluding hydrogens is 364 g/mol. The minimum absolute atomic E-state index is 0.00925. The molecule has 144 valence electrons. The average molecular weight is 389 g/mol. The molecule has 0 bridgehead atoms. The van der Waals surface area contributed by atoms with Crippen molar-refractivity contribution >= 4 is 28.9 Å². The Labute approximate surface area is 165 Å². The van der Waals surface area contributed by atoms with E-state index >= 15 is 0 Å². The maximum atomic E-state index is 12.1. The molecule has 1 amide bonds. The molecule has 1 aliphatic rings. The fraction of sp³-hybridized carbons (Fsp3) is 0.381. The predicted molar refractivity (Wildman–Crippen MR) is 109 cm³/mol. The van der Waals surface area contributed by atoms with Crippen molar-refractivity contribution in [2.75, 3.05) is 43.1 Å². The van der Waals surface area contributed by atoms with Gasteiger partial charge in [0.2, 0.25) is 5.91 Å². The lowest BCUT2D eigenvalue weighted by molar-refractivity contribution is -0.116. The van der Waals surface area contributed by atoms with Crippen molar-refractivity contribution in [3.63, 3.8) is 0 Å². The largest absolute Gasteiger partial charge is 0.494 e. The Bertz CT molecular complexity index is 759. The summed E-state index contributed by atoms with van der Waals surface area (Å²) in [6, 6.07) is 13.5. The van der Waals surface area contributed by atoms with E-state index in [2.05, 4.69) is 10.2 Å². The first kappa shape index (κ1) is 19.5. The molecule has 1 heterocycles. The number of amides is 1. The lowest BCUT2D eigenvalue weighted by atomic mass is 10.2. The Kier molecular flexibility index (Phi) is 6.96.